The molecule has 1 aromatic carbocycles. The number of benzene rings is 1. The van der Waals surface area contributed by atoms with E-state index in [1.165, 1.54) is 24.3 Å². The summed E-state index contributed by atoms with van der Waals surface area (Å²) in [4.78, 5) is 38.2. The van der Waals surface area contributed by atoms with Gasteiger partial charge < -0.3 is 15.5 Å². The number of hydrogen-bond acceptors (Lipinski definition) is 5. The summed E-state index contributed by atoms with van der Waals surface area (Å²) in [6.07, 6.45) is 1.24. The van der Waals surface area contributed by atoms with Gasteiger partial charge in [0, 0.05) is 42.8 Å². The minimum absolute atomic E-state index is 0.0280. The molecule has 1 aliphatic heterocycles. The second kappa shape index (κ2) is 8.81. The van der Waals surface area contributed by atoms with Gasteiger partial charge in [-0.2, -0.15) is 0 Å². The van der Waals surface area contributed by atoms with Gasteiger partial charge in [0.1, 0.15) is 0 Å². The number of carbonyl (C=O) groups is 3. The number of amides is 3. The first-order valence-corrected chi connectivity index (χ1v) is 11.2. The minimum atomic E-state index is -3.37. The third kappa shape index (κ3) is 6.74. The summed E-state index contributed by atoms with van der Waals surface area (Å²) in [7, 11) is -3.37. The Morgan fingerprint density at radius 1 is 1.10 bits per heavy atom. The van der Waals surface area contributed by atoms with Crippen molar-refractivity contribution in [3.63, 3.8) is 0 Å². The van der Waals surface area contributed by atoms with Crippen LogP contribution in [-0.2, 0) is 19.6 Å². The van der Waals surface area contributed by atoms with E-state index in [1.807, 2.05) is 20.8 Å². The van der Waals surface area contributed by atoms with E-state index in [0.717, 1.165) is 6.26 Å². The van der Waals surface area contributed by atoms with Crippen LogP contribution in [-0.4, -0.2) is 62.5 Å². The molecule has 1 fully saturated rings. The molecule has 10 heteroatoms. The Morgan fingerprint density at radius 2 is 1.69 bits per heavy atom. The Bertz CT molecular complexity index is 875. The van der Waals surface area contributed by atoms with Crippen LogP contribution in [0.5, 0.6) is 0 Å². The van der Waals surface area contributed by atoms with Gasteiger partial charge in [-0.3, -0.25) is 19.1 Å². The Labute approximate surface area is 171 Å². The highest BCUT2D eigenvalue weighted by molar-refractivity contribution is 7.92. The van der Waals surface area contributed by atoms with Gasteiger partial charge in [-0.15, -0.1) is 0 Å². The van der Waals surface area contributed by atoms with Crippen molar-refractivity contribution in [2.45, 2.75) is 32.7 Å². The Hall–Kier alpha value is -2.62. The van der Waals surface area contributed by atoms with E-state index in [-0.39, 0.29) is 48.7 Å². The van der Waals surface area contributed by atoms with E-state index < -0.39 is 10.0 Å². The van der Waals surface area contributed by atoms with Crippen molar-refractivity contribution in [3.8, 4) is 0 Å². The molecule has 1 aliphatic rings. The molecule has 1 unspecified atom stereocenters. The third-order valence-corrected chi connectivity index (χ3v) is 5.07. The zero-order valence-corrected chi connectivity index (χ0v) is 17.9. The lowest BCUT2D eigenvalue weighted by Gasteiger charge is -2.31. The second-order valence-corrected chi connectivity index (χ2v) is 9.82. The predicted octanol–water partition coefficient (Wildman–Crippen LogP) is 0.551. The summed E-state index contributed by atoms with van der Waals surface area (Å²) in [5.41, 5.74) is 0.427. The molecule has 0 radical (unpaired) electrons. The Balaban J connectivity index is 1.75. The Kier molecular flexibility index (Phi) is 6.89. The standard InChI is InChI=1S/C19H28N4O5S/c1-19(2,3)23-12-14(11-16(23)24)18(26)21-10-9-20-17(25)13-5-7-15(8-6-13)22-29(4,27)28/h5-8,14,22H,9-12H2,1-4H3,(H,20,25)(H,21,26). The van der Waals surface area contributed by atoms with Crippen LogP contribution in [0.15, 0.2) is 24.3 Å². The van der Waals surface area contributed by atoms with Crippen LogP contribution in [0.1, 0.15) is 37.6 Å². The van der Waals surface area contributed by atoms with Gasteiger partial charge in [-0.05, 0) is 45.0 Å². The summed E-state index contributed by atoms with van der Waals surface area (Å²) < 4.78 is 24.7. The lowest BCUT2D eigenvalue weighted by atomic mass is 10.1. The van der Waals surface area contributed by atoms with Gasteiger partial charge in [-0.1, -0.05) is 0 Å². The molecule has 0 aromatic heterocycles. The topological polar surface area (TPSA) is 125 Å². The van der Waals surface area contributed by atoms with Crippen molar-refractivity contribution >= 4 is 33.4 Å². The minimum Gasteiger partial charge on any atom is -0.354 e. The van der Waals surface area contributed by atoms with Crippen LogP contribution in [0.3, 0.4) is 0 Å². The van der Waals surface area contributed by atoms with E-state index in [1.54, 1.807) is 4.90 Å². The molecule has 9 nitrogen and oxygen atoms in total. The van der Waals surface area contributed by atoms with E-state index in [0.29, 0.717) is 17.8 Å². The first-order valence-electron chi connectivity index (χ1n) is 9.31. The smallest absolute Gasteiger partial charge is 0.251 e. The van der Waals surface area contributed by atoms with Crippen molar-refractivity contribution in [2.24, 2.45) is 5.92 Å². The first-order chi connectivity index (χ1) is 13.4. The molecule has 1 aromatic rings. The number of anilines is 1. The summed E-state index contributed by atoms with van der Waals surface area (Å²) in [5, 5.41) is 5.43. The number of hydrogen-bond donors (Lipinski definition) is 3. The highest BCUT2D eigenvalue weighted by Crippen LogP contribution is 2.25. The molecule has 1 saturated heterocycles. The summed E-state index contributed by atoms with van der Waals surface area (Å²) in [6.45, 7) is 6.68. The molecular formula is C19H28N4O5S. The number of rotatable bonds is 7. The SMILES string of the molecule is CC(C)(C)N1CC(C(=O)NCCNC(=O)c2ccc(NS(C)(=O)=O)cc2)CC1=O. The average molecular weight is 425 g/mol. The monoisotopic (exact) mass is 424 g/mol. The number of nitrogens with zero attached hydrogens (tertiary/aromatic N) is 1. The molecule has 1 atom stereocenters. The lowest BCUT2D eigenvalue weighted by Crippen LogP contribution is -2.43. The molecule has 0 spiro atoms. The van der Waals surface area contributed by atoms with Gasteiger partial charge in [0.25, 0.3) is 5.91 Å². The maximum Gasteiger partial charge on any atom is 0.251 e. The predicted molar refractivity (Wildman–Crippen MR) is 110 cm³/mol. The molecule has 3 amide bonds. The van der Waals surface area contributed by atoms with E-state index >= 15 is 0 Å². The van der Waals surface area contributed by atoms with Crippen LogP contribution >= 0.6 is 0 Å². The Morgan fingerprint density at radius 3 is 2.21 bits per heavy atom. The quantitative estimate of drug-likeness (QED) is 0.552. The van der Waals surface area contributed by atoms with Crippen LogP contribution in [0.2, 0.25) is 0 Å². The molecule has 1 heterocycles. The number of likely N-dealkylation sites (tertiary alicyclic amines) is 1. The van der Waals surface area contributed by atoms with Gasteiger partial charge in [0.2, 0.25) is 21.8 Å². The lowest BCUT2D eigenvalue weighted by molar-refractivity contribution is -0.132. The summed E-state index contributed by atoms with van der Waals surface area (Å²) in [5.74, 6) is -0.942. The van der Waals surface area contributed by atoms with Gasteiger partial charge in [-0.25, -0.2) is 8.42 Å². The fraction of sp³-hybridized carbons (Fsp3) is 0.526. The summed E-state index contributed by atoms with van der Waals surface area (Å²) in [6, 6.07) is 6.00. The fourth-order valence-corrected chi connectivity index (χ4v) is 3.61. The maximum absolute atomic E-state index is 12.3. The maximum atomic E-state index is 12.3. The van der Waals surface area contributed by atoms with Crippen LogP contribution in [0, 0.1) is 5.92 Å². The molecular weight excluding hydrogens is 396 g/mol. The van der Waals surface area contributed by atoms with Gasteiger partial charge >= 0.3 is 0 Å². The molecule has 0 aliphatic carbocycles. The first kappa shape index (κ1) is 22.7. The van der Waals surface area contributed by atoms with E-state index in [2.05, 4.69) is 15.4 Å². The van der Waals surface area contributed by atoms with E-state index in [9.17, 15) is 22.8 Å². The van der Waals surface area contributed by atoms with Crippen molar-refractivity contribution in [3.05, 3.63) is 29.8 Å². The number of carbonyl (C=O) groups excluding carboxylic acids is 3. The third-order valence-electron chi connectivity index (χ3n) is 4.47. The van der Waals surface area contributed by atoms with Gasteiger partial charge in [0.15, 0.2) is 0 Å². The largest absolute Gasteiger partial charge is 0.354 e. The van der Waals surface area contributed by atoms with Crippen LogP contribution < -0.4 is 15.4 Å². The fourth-order valence-electron chi connectivity index (χ4n) is 3.04. The molecule has 0 bridgehead atoms. The molecule has 0 saturated carbocycles. The molecule has 2 rings (SSSR count). The zero-order chi connectivity index (χ0) is 21.8. The highest BCUT2D eigenvalue weighted by atomic mass is 32.2. The summed E-state index contributed by atoms with van der Waals surface area (Å²) >= 11 is 0. The molecule has 29 heavy (non-hydrogen) atoms. The van der Waals surface area contributed by atoms with Crippen molar-refractivity contribution < 1.29 is 22.8 Å². The van der Waals surface area contributed by atoms with Gasteiger partial charge in [0.05, 0.1) is 12.2 Å². The average Bonchev–Trinajstić information content (AvgIpc) is 3.00. The van der Waals surface area contributed by atoms with Crippen LogP contribution in [0.25, 0.3) is 0 Å². The van der Waals surface area contributed by atoms with Crippen molar-refractivity contribution in [1.29, 1.82) is 0 Å². The normalized spacial score (nSPS) is 17.2. The number of sulfonamides is 1. The van der Waals surface area contributed by atoms with Crippen molar-refractivity contribution in [1.82, 2.24) is 15.5 Å². The second-order valence-electron chi connectivity index (χ2n) is 8.07. The van der Waals surface area contributed by atoms with Crippen LogP contribution in [0.4, 0.5) is 5.69 Å². The number of nitrogens with one attached hydrogen (secondary N) is 3. The van der Waals surface area contributed by atoms with E-state index in [4.69, 9.17) is 0 Å². The molecule has 160 valence electrons. The highest BCUT2D eigenvalue weighted by Gasteiger charge is 2.39. The zero-order valence-electron chi connectivity index (χ0n) is 17.1. The van der Waals surface area contributed by atoms with Crippen molar-refractivity contribution in [2.75, 3.05) is 30.6 Å². The molecule has 3 N–H and O–H groups in total.